The number of ketones is 1. The number of benzene rings is 1. The molecule has 2 rings (SSSR count). The van der Waals surface area contributed by atoms with Crippen LogP contribution in [0.2, 0.25) is 0 Å². The molecule has 1 aliphatic rings. The van der Waals surface area contributed by atoms with Crippen LogP contribution in [0.25, 0.3) is 6.08 Å². The van der Waals surface area contributed by atoms with Gasteiger partial charge < -0.3 is 0 Å². The molecule has 0 spiro atoms. The maximum absolute atomic E-state index is 12.8. The predicted molar refractivity (Wildman–Crippen MR) is 71.5 cm³/mol. The van der Waals surface area contributed by atoms with Crippen molar-refractivity contribution in [3.05, 3.63) is 53.4 Å². The van der Waals surface area contributed by atoms with Crippen molar-refractivity contribution in [2.24, 2.45) is 5.41 Å². The summed E-state index contributed by atoms with van der Waals surface area (Å²) in [4.78, 5) is 11.6. The average Bonchev–Trinajstić information content (AvgIpc) is 2.25. The Labute approximate surface area is 107 Å². The number of rotatable bonds is 2. The topological polar surface area (TPSA) is 17.1 Å². The minimum Gasteiger partial charge on any atom is -0.295 e. The Kier molecular flexibility index (Phi) is 3.46. The van der Waals surface area contributed by atoms with E-state index < -0.39 is 0 Å². The number of allylic oxidation sites excluding steroid dienone is 3. The molecule has 1 aliphatic carbocycles. The molecule has 18 heavy (non-hydrogen) atoms. The molecule has 1 aromatic carbocycles. The molecule has 94 valence electrons. The SMILES string of the molecule is CC1(C)CC(=O)C=C(C=Cc2ccc(F)cc2)C1. The van der Waals surface area contributed by atoms with Crippen LogP contribution in [0.1, 0.15) is 32.3 Å². The third-order valence-electron chi connectivity index (χ3n) is 3.04. The molecule has 0 unspecified atom stereocenters. The Morgan fingerprint density at radius 1 is 1.11 bits per heavy atom. The highest BCUT2D eigenvalue weighted by atomic mass is 19.1. The van der Waals surface area contributed by atoms with Gasteiger partial charge in [0.1, 0.15) is 5.82 Å². The fourth-order valence-corrected chi connectivity index (χ4v) is 2.28. The van der Waals surface area contributed by atoms with Crippen LogP contribution in [0, 0.1) is 11.2 Å². The van der Waals surface area contributed by atoms with Crippen LogP contribution in [0.3, 0.4) is 0 Å². The molecule has 0 atom stereocenters. The molecule has 2 heteroatoms. The van der Waals surface area contributed by atoms with Gasteiger partial charge in [-0.25, -0.2) is 4.39 Å². The summed E-state index contributed by atoms with van der Waals surface area (Å²) >= 11 is 0. The molecule has 0 fully saturated rings. The summed E-state index contributed by atoms with van der Waals surface area (Å²) in [6.45, 7) is 4.20. The first-order valence-electron chi connectivity index (χ1n) is 6.12. The van der Waals surface area contributed by atoms with Gasteiger partial charge in [0.15, 0.2) is 5.78 Å². The van der Waals surface area contributed by atoms with E-state index in [0.29, 0.717) is 6.42 Å². The van der Waals surface area contributed by atoms with Crippen molar-refractivity contribution in [1.29, 1.82) is 0 Å². The largest absolute Gasteiger partial charge is 0.295 e. The van der Waals surface area contributed by atoms with Gasteiger partial charge in [-0.3, -0.25) is 4.79 Å². The maximum atomic E-state index is 12.8. The van der Waals surface area contributed by atoms with Gasteiger partial charge in [-0.2, -0.15) is 0 Å². The quantitative estimate of drug-likeness (QED) is 0.763. The summed E-state index contributed by atoms with van der Waals surface area (Å²) in [5, 5.41) is 0. The van der Waals surface area contributed by atoms with E-state index in [1.165, 1.54) is 12.1 Å². The lowest BCUT2D eigenvalue weighted by Gasteiger charge is -2.27. The van der Waals surface area contributed by atoms with Crippen LogP contribution in [0.5, 0.6) is 0 Å². The van der Waals surface area contributed by atoms with E-state index in [0.717, 1.165) is 17.6 Å². The highest BCUT2D eigenvalue weighted by Gasteiger charge is 2.26. The number of hydrogen-bond donors (Lipinski definition) is 0. The first-order valence-corrected chi connectivity index (χ1v) is 6.12. The van der Waals surface area contributed by atoms with E-state index in [9.17, 15) is 9.18 Å². The predicted octanol–water partition coefficient (Wildman–Crippen LogP) is 4.15. The lowest BCUT2D eigenvalue weighted by Crippen LogP contribution is -2.21. The smallest absolute Gasteiger partial charge is 0.156 e. The Morgan fingerprint density at radius 2 is 1.78 bits per heavy atom. The van der Waals surface area contributed by atoms with Crippen molar-refractivity contribution < 1.29 is 9.18 Å². The van der Waals surface area contributed by atoms with Crippen LogP contribution < -0.4 is 0 Å². The van der Waals surface area contributed by atoms with E-state index in [1.807, 2.05) is 12.2 Å². The van der Waals surface area contributed by atoms with Gasteiger partial charge in [0.05, 0.1) is 0 Å². The Morgan fingerprint density at radius 3 is 2.39 bits per heavy atom. The summed E-state index contributed by atoms with van der Waals surface area (Å²) < 4.78 is 12.8. The van der Waals surface area contributed by atoms with E-state index in [-0.39, 0.29) is 17.0 Å². The second-order valence-corrected chi connectivity index (χ2v) is 5.59. The molecular formula is C16H17FO. The van der Waals surface area contributed by atoms with Gasteiger partial charge in [-0.15, -0.1) is 0 Å². The fourth-order valence-electron chi connectivity index (χ4n) is 2.28. The van der Waals surface area contributed by atoms with Crippen molar-refractivity contribution in [3.8, 4) is 0 Å². The molecule has 0 amide bonds. The number of halogens is 1. The summed E-state index contributed by atoms with van der Waals surface area (Å²) in [5.74, 6) is -0.0506. The molecule has 1 nitrogen and oxygen atoms in total. The van der Waals surface area contributed by atoms with Crippen LogP contribution in [0.4, 0.5) is 4.39 Å². The molecule has 0 bridgehead atoms. The first kappa shape index (κ1) is 12.7. The standard InChI is InChI=1S/C16H17FO/c1-16(2)10-13(9-15(18)11-16)4-3-12-5-7-14(17)8-6-12/h3-9H,10-11H2,1-2H3. The molecule has 0 heterocycles. The van der Waals surface area contributed by atoms with Crippen molar-refractivity contribution >= 4 is 11.9 Å². The van der Waals surface area contributed by atoms with E-state index >= 15 is 0 Å². The zero-order chi connectivity index (χ0) is 13.2. The van der Waals surface area contributed by atoms with Gasteiger partial charge in [0.25, 0.3) is 0 Å². The zero-order valence-corrected chi connectivity index (χ0v) is 10.7. The van der Waals surface area contributed by atoms with Gasteiger partial charge in [-0.05, 0) is 41.2 Å². The second kappa shape index (κ2) is 4.89. The van der Waals surface area contributed by atoms with Gasteiger partial charge in [0.2, 0.25) is 0 Å². The second-order valence-electron chi connectivity index (χ2n) is 5.59. The third-order valence-corrected chi connectivity index (χ3v) is 3.04. The van der Waals surface area contributed by atoms with Gasteiger partial charge in [0, 0.05) is 6.42 Å². The number of hydrogen-bond acceptors (Lipinski definition) is 1. The van der Waals surface area contributed by atoms with E-state index in [4.69, 9.17) is 0 Å². The molecule has 0 saturated heterocycles. The van der Waals surface area contributed by atoms with Gasteiger partial charge in [-0.1, -0.05) is 38.1 Å². The Balaban J connectivity index is 2.14. The van der Waals surface area contributed by atoms with Crippen LogP contribution in [0.15, 0.2) is 42.0 Å². The lowest BCUT2D eigenvalue weighted by molar-refractivity contribution is -0.116. The fraction of sp³-hybridized carbons (Fsp3) is 0.312. The molecule has 1 aromatic rings. The number of carbonyl (C=O) groups excluding carboxylic acids is 1. The minimum absolute atomic E-state index is 0.0360. The summed E-state index contributed by atoms with van der Waals surface area (Å²) in [7, 11) is 0. The summed E-state index contributed by atoms with van der Waals surface area (Å²) in [6, 6.07) is 6.32. The molecule has 0 aliphatic heterocycles. The Hall–Kier alpha value is -1.70. The van der Waals surface area contributed by atoms with E-state index in [1.54, 1.807) is 18.2 Å². The summed E-state index contributed by atoms with van der Waals surface area (Å²) in [6.07, 6.45) is 7.09. The van der Waals surface area contributed by atoms with Crippen molar-refractivity contribution in [3.63, 3.8) is 0 Å². The highest BCUT2D eigenvalue weighted by Crippen LogP contribution is 2.34. The lowest BCUT2D eigenvalue weighted by atomic mass is 9.77. The summed E-state index contributed by atoms with van der Waals surface area (Å²) in [5.41, 5.74) is 2.02. The first-order chi connectivity index (χ1) is 8.44. The highest BCUT2D eigenvalue weighted by molar-refractivity contribution is 5.92. The average molecular weight is 244 g/mol. The molecule has 0 radical (unpaired) electrons. The molecular weight excluding hydrogens is 227 g/mol. The van der Waals surface area contributed by atoms with Crippen LogP contribution >= 0.6 is 0 Å². The van der Waals surface area contributed by atoms with Crippen LogP contribution in [-0.2, 0) is 4.79 Å². The van der Waals surface area contributed by atoms with Crippen molar-refractivity contribution in [2.45, 2.75) is 26.7 Å². The monoisotopic (exact) mass is 244 g/mol. The zero-order valence-electron chi connectivity index (χ0n) is 10.7. The normalized spacial score (nSPS) is 19.1. The molecule has 0 saturated carbocycles. The third kappa shape index (κ3) is 3.39. The molecule has 0 aromatic heterocycles. The maximum Gasteiger partial charge on any atom is 0.156 e. The van der Waals surface area contributed by atoms with Gasteiger partial charge >= 0.3 is 0 Å². The van der Waals surface area contributed by atoms with E-state index in [2.05, 4.69) is 13.8 Å². The molecule has 0 N–H and O–H groups in total. The van der Waals surface area contributed by atoms with Crippen LogP contribution in [-0.4, -0.2) is 5.78 Å². The minimum atomic E-state index is -0.236. The number of carbonyl (C=O) groups is 1. The van der Waals surface area contributed by atoms with Crippen molar-refractivity contribution in [2.75, 3.05) is 0 Å². The Bertz CT molecular complexity index is 506. The van der Waals surface area contributed by atoms with Crippen molar-refractivity contribution in [1.82, 2.24) is 0 Å².